The molecular weight excluding hydrogens is 196 g/mol. The Bertz CT molecular complexity index is 355. The Balaban J connectivity index is 2.00. The van der Waals surface area contributed by atoms with Crippen LogP contribution < -0.4 is 0 Å². The summed E-state index contributed by atoms with van der Waals surface area (Å²) >= 11 is 0. The van der Waals surface area contributed by atoms with Crippen LogP contribution in [0.15, 0.2) is 0 Å². The summed E-state index contributed by atoms with van der Waals surface area (Å²) in [7, 11) is 0. The van der Waals surface area contributed by atoms with E-state index in [2.05, 4.69) is 15.5 Å². The fourth-order valence-electron chi connectivity index (χ4n) is 2.14. The molecule has 15 heavy (non-hydrogen) atoms. The molecule has 2 rings (SSSR count). The molecule has 0 radical (unpaired) electrons. The first kappa shape index (κ1) is 10.1. The van der Waals surface area contributed by atoms with Crippen molar-refractivity contribution in [2.75, 3.05) is 0 Å². The Labute approximate surface area is 87.3 Å². The molecule has 6 heteroatoms. The van der Waals surface area contributed by atoms with Gasteiger partial charge < -0.3 is 5.11 Å². The van der Waals surface area contributed by atoms with E-state index in [9.17, 15) is 4.79 Å². The molecule has 1 aromatic rings. The third-order valence-corrected chi connectivity index (χ3v) is 3.05. The van der Waals surface area contributed by atoms with Crippen molar-refractivity contribution in [1.29, 1.82) is 0 Å². The number of rotatable bonds is 2. The highest BCUT2D eigenvalue weighted by atomic mass is 16.4. The van der Waals surface area contributed by atoms with Gasteiger partial charge in [-0.1, -0.05) is 0 Å². The standard InChI is InChI=1S/C9H14N4O2/c1-6-10-11-12-13(6)8-4-2-7(3-5-8)9(14)15/h7-8H,2-5H2,1H3,(H,14,15)/t7-,8-. The lowest BCUT2D eigenvalue weighted by atomic mass is 9.86. The second-order valence-corrected chi connectivity index (χ2v) is 4.01. The molecule has 0 aliphatic heterocycles. The van der Waals surface area contributed by atoms with Gasteiger partial charge in [0.15, 0.2) is 0 Å². The van der Waals surface area contributed by atoms with Crippen molar-refractivity contribution in [2.24, 2.45) is 5.92 Å². The topological polar surface area (TPSA) is 80.9 Å². The van der Waals surface area contributed by atoms with E-state index >= 15 is 0 Å². The van der Waals surface area contributed by atoms with Crippen molar-refractivity contribution in [3.63, 3.8) is 0 Å². The molecule has 0 spiro atoms. The van der Waals surface area contributed by atoms with Crippen LogP contribution in [0.3, 0.4) is 0 Å². The summed E-state index contributed by atoms with van der Waals surface area (Å²) in [5.74, 6) is -0.0614. The van der Waals surface area contributed by atoms with Gasteiger partial charge in [0.1, 0.15) is 5.82 Å². The van der Waals surface area contributed by atoms with E-state index in [1.807, 2.05) is 6.92 Å². The summed E-state index contributed by atoms with van der Waals surface area (Å²) < 4.78 is 1.80. The molecule has 1 aliphatic rings. The first-order valence-electron chi connectivity index (χ1n) is 5.15. The average Bonchev–Trinajstić information content (AvgIpc) is 2.65. The number of hydrogen-bond acceptors (Lipinski definition) is 4. The zero-order valence-electron chi connectivity index (χ0n) is 8.63. The monoisotopic (exact) mass is 210 g/mol. The largest absolute Gasteiger partial charge is 0.481 e. The molecule has 0 saturated heterocycles. The summed E-state index contributed by atoms with van der Waals surface area (Å²) in [4.78, 5) is 10.8. The average molecular weight is 210 g/mol. The summed E-state index contributed by atoms with van der Waals surface area (Å²) in [5.41, 5.74) is 0. The predicted octanol–water partition coefficient (Wildman–Crippen LogP) is 0.797. The highest BCUT2D eigenvalue weighted by Gasteiger charge is 2.27. The minimum atomic E-state index is -0.679. The zero-order chi connectivity index (χ0) is 10.8. The van der Waals surface area contributed by atoms with Gasteiger partial charge in [-0.2, -0.15) is 0 Å². The molecule has 1 aromatic heterocycles. The quantitative estimate of drug-likeness (QED) is 0.780. The van der Waals surface area contributed by atoms with Gasteiger partial charge in [0.2, 0.25) is 0 Å². The Morgan fingerprint density at radius 1 is 1.40 bits per heavy atom. The molecule has 0 atom stereocenters. The van der Waals surface area contributed by atoms with E-state index in [1.165, 1.54) is 0 Å². The molecule has 6 nitrogen and oxygen atoms in total. The van der Waals surface area contributed by atoms with Crippen molar-refractivity contribution in [2.45, 2.75) is 38.6 Å². The Kier molecular flexibility index (Phi) is 2.66. The molecule has 1 N–H and O–H groups in total. The number of aromatic nitrogens is 4. The van der Waals surface area contributed by atoms with Crippen LogP contribution in [-0.4, -0.2) is 31.3 Å². The number of carbonyl (C=O) groups is 1. The summed E-state index contributed by atoms with van der Waals surface area (Å²) in [6, 6.07) is 0.274. The highest BCUT2D eigenvalue weighted by Crippen LogP contribution is 2.31. The normalized spacial score (nSPS) is 26.5. The van der Waals surface area contributed by atoms with Crippen LogP contribution >= 0.6 is 0 Å². The predicted molar refractivity (Wildman–Crippen MR) is 51.2 cm³/mol. The lowest BCUT2D eigenvalue weighted by molar-refractivity contribution is -0.143. The number of tetrazole rings is 1. The SMILES string of the molecule is Cc1nnnn1[C@H]1CC[C@H](C(=O)O)CC1. The summed E-state index contributed by atoms with van der Waals surface area (Å²) in [5, 5.41) is 20.2. The van der Waals surface area contributed by atoms with Gasteiger partial charge in [-0.15, -0.1) is 5.10 Å². The first-order valence-corrected chi connectivity index (χ1v) is 5.15. The molecule has 82 valence electrons. The molecule has 0 aromatic carbocycles. The number of aryl methyl sites for hydroxylation is 1. The lowest BCUT2D eigenvalue weighted by Crippen LogP contribution is -2.24. The van der Waals surface area contributed by atoms with E-state index in [1.54, 1.807) is 4.68 Å². The Hall–Kier alpha value is -1.46. The van der Waals surface area contributed by atoms with Crippen LogP contribution in [0, 0.1) is 12.8 Å². The first-order chi connectivity index (χ1) is 7.18. The maximum atomic E-state index is 10.8. The molecule has 1 saturated carbocycles. The van der Waals surface area contributed by atoms with E-state index in [4.69, 9.17) is 5.11 Å². The van der Waals surface area contributed by atoms with Crippen LogP contribution in [-0.2, 0) is 4.79 Å². The molecular formula is C9H14N4O2. The van der Waals surface area contributed by atoms with E-state index in [0.717, 1.165) is 31.5 Å². The highest BCUT2D eigenvalue weighted by molar-refractivity contribution is 5.69. The third-order valence-electron chi connectivity index (χ3n) is 3.05. The van der Waals surface area contributed by atoms with Crippen molar-refractivity contribution in [3.8, 4) is 0 Å². The van der Waals surface area contributed by atoms with Crippen LogP contribution in [0.4, 0.5) is 0 Å². The van der Waals surface area contributed by atoms with Crippen molar-refractivity contribution in [3.05, 3.63) is 5.82 Å². The van der Waals surface area contributed by atoms with Gasteiger partial charge in [0.05, 0.1) is 12.0 Å². The fourth-order valence-corrected chi connectivity index (χ4v) is 2.14. The van der Waals surface area contributed by atoms with Crippen LogP contribution in [0.25, 0.3) is 0 Å². The molecule has 1 heterocycles. The minimum Gasteiger partial charge on any atom is -0.481 e. The van der Waals surface area contributed by atoms with Crippen LogP contribution in [0.5, 0.6) is 0 Å². The lowest BCUT2D eigenvalue weighted by Gasteiger charge is -2.25. The molecule has 1 fully saturated rings. The van der Waals surface area contributed by atoms with Crippen molar-refractivity contribution < 1.29 is 9.90 Å². The number of aliphatic carboxylic acids is 1. The number of nitrogens with zero attached hydrogens (tertiary/aromatic N) is 4. The van der Waals surface area contributed by atoms with Gasteiger partial charge in [0.25, 0.3) is 0 Å². The third kappa shape index (κ3) is 1.98. The summed E-state index contributed by atoms with van der Waals surface area (Å²) in [6.07, 6.45) is 3.14. The summed E-state index contributed by atoms with van der Waals surface area (Å²) in [6.45, 7) is 1.86. The van der Waals surface area contributed by atoms with Crippen molar-refractivity contribution >= 4 is 5.97 Å². The molecule has 0 unspecified atom stereocenters. The molecule has 0 bridgehead atoms. The Morgan fingerprint density at radius 2 is 2.07 bits per heavy atom. The second-order valence-electron chi connectivity index (χ2n) is 4.01. The van der Waals surface area contributed by atoms with Crippen LogP contribution in [0.1, 0.15) is 37.5 Å². The van der Waals surface area contributed by atoms with Crippen molar-refractivity contribution in [1.82, 2.24) is 20.2 Å². The van der Waals surface area contributed by atoms with Gasteiger partial charge in [0, 0.05) is 0 Å². The van der Waals surface area contributed by atoms with Gasteiger partial charge >= 0.3 is 5.97 Å². The number of carboxylic acids is 1. The van der Waals surface area contributed by atoms with E-state index in [0.29, 0.717) is 0 Å². The van der Waals surface area contributed by atoms with Gasteiger partial charge in [-0.05, 0) is 43.0 Å². The van der Waals surface area contributed by atoms with E-state index in [-0.39, 0.29) is 12.0 Å². The maximum absolute atomic E-state index is 10.8. The fraction of sp³-hybridized carbons (Fsp3) is 0.778. The maximum Gasteiger partial charge on any atom is 0.306 e. The second kappa shape index (κ2) is 3.96. The van der Waals surface area contributed by atoms with Crippen LogP contribution in [0.2, 0.25) is 0 Å². The smallest absolute Gasteiger partial charge is 0.306 e. The van der Waals surface area contributed by atoms with Gasteiger partial charge in [-0.25, -0.2) is 4.68 Å². The van der Waals surface area contributed by atoms with E-state index < -0.39 is 5.97 Å². The van der Waals surface area contributed by atoms with Gasteiger partial charge in [-0.3, -0.25) is 4.79 Å². The number of hydrogen-bond donors (Lipinski definition) is 1. The Morgan fingerprint density at radius 3 is 2.53 bits per heavy atom. The zero-order valence-corrected chi connectivity index (χ0v) is 8.63. The number of carboxylic acid groups (broad SMARTS) is 1. The minimum absolute atomic E-state index is 0.182. The molecule has 1 aliphatic carbocycles. The molecule has 0 amide bonds.